The van der Waals surface area contributed by atoms with Crippen LogP contribution in [0.15, 0.2) is 12.5 Å². The molecule has 1 amide bonds. The molecule has 1 aliphatic heterocycles. The average molecular weight is 309 g/mol. The van der Waals surface area contributed by atoms with E-state index >= 15 is 0 Å². The van der Waals surface area contributed by atoms with E-state index in [0.29, 0.717) is 24.8 Å². The molecule has 7 heteroatoms. The van der Waals surface area contributed by atoms with E-state index in [-0.39, 0.29) is 12.0 Å². The number of hydrogen-bond acceptors (Lipinski definition) is 5. The van der Waals surface area contributed by atoms with Gasteiger partial charge in [0.1, 0.15) is 0 Å². The van der Waals surface area contributed by atoms with Crippen LogP contribution in [0, 0.1) is 0 Å². The highest BCUT2D eigenvalue weighted by atomic mass is 16.3. The van der Waals surface area contributed by atoms with Crippen LogP contribution in [0.4, 0.5) is 5.82 Å². The van der Waals surface area contributed by atoms with Crippen molar-refractivity contribution in [2.75, 3.05) is 18.4 Å². The van der Waals surface area contributed by atoms with Gasteiger partial charge in [-0.05, 0) is 19.8 Å². The fourth-order valence-corrected chi connectivity index (χ4v) is 2.71. The number of amides is 1. The molecule has 124 valence electrons. The standard InChI is InChI=1S/C15H27N5O2/c1-3-4-13(16)15(22)18-14-9-19(10-17-14)8-12-5-6-20(12)7-11(2)21/h9-13,21H,3-8,16H2,1-2H3,(H,18,22)/t11-,12-,13-/m0/s1. The first-order valence-corrected chi connectivity index (χ1v) is 8.00. The molecule has 2 heterocycles. The number of β-amino-alcohol motifs (C(OH)–C–C–N with tert-alkyl or cyclic N) is 1. The summed E-state index contributed by atoms with van der Waals surface area (Å²) in [7, 11) is 0. The molecular formula is C15H27N5O2. The number of aliphatic hydroxyl groups is 1. The Morgan fingerprint density at radius 3 is 3.00 bits per heavy atom. The number of aromatic nitrogens is 2. The molecule has 1 fully saturated rings. The van der Waals surface area contributed by atoms with E-state index in [1.54, 1.807) is 13.3 Å². The summed E-state index contributed by atoms with van der Waals surface area (Å²) in [6.07, 6.45) is 5.91. The van der Waals surface area contributed by atoms with Gasteiger partial charge >= 0.3 is 0 Å². The Balaban J connectivity index is 1.83. The molecule has 0 aromatic carbocycles. The lowest BCUT2D eigenvalue weighted by atomic mass is 10.0. The number of nitrogens with two attached hydrogens (primary N) is 1. The number of nitrogens with one attached hydrogen (secondary N) is 1. The van der Waals surface area contributed by atoms with Crippen LogP contribution >= 0.6 is 0 Å². The Kier molecular flexibility index (Phi) is 5.93. The number of likely N-dealkylation sites (tertiary alicyclic amines) is 1. The van der Waals surface area contributed by atoms with E-state index in [1.165, 1.54) is 0 Å². The molecular weight excluding hydrogens is 282 g/mol. The molecule has 1 aromatic heterocycles. The summed E-state index contributed by atoms with van der Waals surface area (Å²) >= 11 is 0. The van der Waals surface area contributed by atoms with Gasteiger partial charge in [0.25, 0.3) is 0 Å². The van der Waals surface area contributed by atoms with E-state index in [9.17, 15) is 9.90 Å². The number of nitrogens with zero attached hydrogens (tertiary/aromatic N) is 3. The maximum Gasteiger partial charge on any atom is 0.242 e. The van der Waals surface area contributed by atoms with Crippen LogP contribution < -0.4 is 11.1 Å². The van der Waals surface area contributed by atoms with Gasteiger partial charge in [-0.2, -0.15) is 0 Å². The normalized spacial score (nSPS) is 21.2. The fraction of sp³-hybridized carbons (Fsp3) is 0.733. The van der Waals surface area contributed by atoms with Crippen molar-refractivity contribution in [3.63, 3.8) is 0 Å². The first-order chi connectivity index (χ1) is 10.5. The summed E-state index contributed by atoms with van der Waals surface area (Å²) in [6.45, 7) is 6.35. The molecule has 1 saturated heterocycles. The molecule has 0 saturated carbocycles. The van der Waals surface area contributed by atoms with E-state index < -0.39 is 6.04 Å². The van der Waals surface area contributed by atoms with E-state index in [1.807, 2.05) is 17.7 Å². The van der Waals surface area contributed by atoms with Crippen molar-refractivity contribution in [3.8, 4) is 0 Å². The number of rotatable bonds is 8. The van der Waals surface area contributed by atoms with Crippen molar-refractivity contribution in [2.45, 2.75) is 57.8 Å². The fourth-order valence-electron chi connectivity index (χ4n) is 2.71. The van der Waals surface area contributed by atoms with Gasteiger partial charge in [0.15, 0.2) is 5.82 Å². The molecule has 3 atom stereocenters. The van der Waals surface area contributed by atoms with Gasteiger partial charge in [0, 0.05) is 31.9 Å². The molecule has 4 N–H and O–H groups in total. The van der Waals surface area contributed by atoms with Crippen LogP contribution in [0.1, 0.15) is 33.1 Å². The highest BCUT2D eigenvalue weighted by Gasteiger charge is 2.28. The lowest BCUT2D eigenvalue weighted by molar-refractivity contribution is -0.117. The zero-order valence-electron chi connectivity index (χ0n) is 13.4. The van der Waals surface area contributed by atoms with Gasteiger partial charge in [-0.15, -0.1) is 0 Å². The van der Waals surface area contributed by atoms with Gasteiger partial charge in [0.05, 0.1) is 18.5 Å². The van der Waals surface area contributed by atoms with E-state index in [2.05, 4.69) is 15.2 Å². The monoisotopic (exact) mass is 309 g/mol. The predicted molar refractivity (Wildman–Crippen MR) is 85.4 cm³/mol. The van der Waals surface area contributed by atoms with Crippen LogP contribution in [-0.2, 0) is 11.3 Å². The van der Waals surface area contributed by atoms with Crippen molar-refractivity contribution >= 4 is 11.7 Å². The average Bonchev–Trinajstić information content (AvgIpc) is 2.88. The molecule has 0 spiro atoms. The first-order valence-electron chi connectivity index (χ1n) is 8.00. The van der Waals surface area contributed by atoms with Crippen molar-refractivity contribution in [1.29, 1.82) is 0 Å². The summed E-state index contributed by atoms with van der Waals surface area (Å²) in [5, 5.41) is 12.2. The Morgan fingerprint density at radius 2 is 2.41 bits per heavy atom. The molecule has 7 nitrogen and oxygen atoms in total. The Morgan fingerprint density at radius 1 is 1.64 bits per heavy atom. The smallest absolute Gasteiger partial charge is 0.242 e. The molecule has 0 aliphatic carbocycles. The Bertz CT molecular complexity index is 488. The molecule has 0 bridgehead atoms. The van der Waals surface area contributed by atoms with Crippen LogP contribution in [0.2, 0.25) is 0 Å². The number of aliphatic hydroxyl groups excluding tert-OH is 1. The first kappa shape index (κ1) is 16.9. The largest absolute Gasteiger partial charge is 0.392 e. The van der Waals surface area contributed by atoms with E-state index in [0.717, 1.165) is 25.9 Å². The molecule has 1 aliphatic rings. The maximum atomic E-state index is 11.9. The number of anilines is 1. The van der Waals surface area contributed by atoms with Gasteiger partial charge in [0.2, 0.25) is 5.91 Å². The zero-order valence-corrected chi connectivity index (χ0v) is 13.4. The summed E-state index contributed by atoms with van der Waals surface area (Å²) in [4.78, 5) is 18.3. The van der Waals surface area contributed by atoms with Gasteiger partial charge in [-0.25, -0.2) is 4.98 Å². The SMILES string of the molecule is CCC[C@H](N)C(=O)Nc1cn(C[C@@H]2CCN2C[C@H](C)O)cn1. The highest BCUT2D eigenvalue weighted by molar-refractivity contribution is 5.93. The second-order valence-electron chi connectivity index (χ2n) is 6.13. The maximum absolute atomic E-state index is 11.9. The highest BCUT2D eigenvalue weighted by Crippen LogP contribution is 2.20. The Hall–Kier alpha value is -1.44. The molecule has 0 unspecified atom stereocenters. The minimum Gasteiger partial charge on any atom is -0.392 e. The summed E-state index contributed by atoms with van der Waals surface area (Å²) in [5.41, 5.74) is 5.78. The van der Waals surface area contributed by atoms with Crippen LogP contribution in [0.5, 0.6) is 0 Å². The molecule has 2 rings (SSSR count). The van der Waals surface area contributed by atoms with E-state index in [4.69, 9.17) is 5.73 Å². The van der Waals surface area contributed by atoms with Crippen molar-refractivity contribution < 1.29 is 9.90 Å². The Labute approximate surface area is 131 Å². The van der Waals surface area contributed by atoms with Gasteiger partial charge in [-0.1, -0.05) is 13.3 Å². The topological polar surface area (TPSA) is 96.4 Å². The number of carbonyl (C=O) groups is 1. The number of hydrogen-bond donors (Lipinski definition) is 3. The molecule has 22 heavy (non-hydrogen) atoms. The summed E-state index contributed by atoms with van der Waals surface area (Å²) in [5.74, 6) is 0.351. The third kappa shape index (κ3) is 4.53. The van der Waals surface area contributed by atoms with Crippen LogP contribution in [-0.4, -0.2) is 56.7 Å². The second kappa shape index (κ2) is 7.71. The molecule has 0 radical (unpaired) electrons. The van der Waals surface area contributed by atoms with Gasteiger partial charge < -0.3 is 20.7 Å². The van der Waals surface area contributed by atoms with Crippen molar-refractivity contribution in [2.24, 2.45) is 5.73 Å². The third-order valence-electron chi connectivity index (χ3n) is 4.01. The lowest BCUT2D eigenvalue weighted by Crippen LogP contribution is -2.52. The second-order valence-corrected chi connectivity index (χ2v) is 6.13. The zero-order chi connectivity index (χ0) is 16.1. The number of carbonyl (C=O) groups excluding carboxylic acids is 1. The quantitative estimate of drug-likeness (QED) is 0.646. The third-order valence-corrected chi connectivity index (χ3v) is 4.01. The van der Waals surface area contributed by atoms with Crippen molar-refractivity contribution in [3.05, 3.63) is 12.5 Å². The minimum absolute atomic E-state index is 0.188. The number of imidazole rings is 1. The molecule has 1 aromatic rings. The van der Waals surface area contributed by atoms with Crippen LogP contribution in [0.25, 0.3) is 0 Å². The van der Waals surface area contributed by atoms with Crippen molar-refractivity contribution in [1.82, 2.24) is 14.5 Å². The van der Waals surface area contributed by atoms with Gasteiger partial charge in [-0.3, -0.25) is 9.69 Å². The summed E-state index contributed by atoms with van der Waals surface area (Å²) in [6, 6.07) is -0.0574. The predicted octanol–water partition coefficient (Wildman–Crippen LogP) is 0.404. The lowest BCUT2D eigenvalue weighted by Gasteiger charge is -2.41. The van der Waals surface area contributed by atoms with Crippen LogP contribution in [0.3, 0.4) is 0 Å². The summed E-state index contributed by atoms with van der Waals surface area (Å²) < 4.78 is 1.97. The minimum atomic E-state index is -0.483.